The molecule has 1 fully saturated rings. The third-order valence-corrected chi connectivity index (χ3v) is 3.54. The quantitative estimate of drug-likeness (QED) is 0.883. The van der Waals surface area contributed by atoms with E-state index >= 15 is 0 Å². The normalized spacial score (nSPS) is 20.5. The molecule has 1 saturated heterocycles. The largest absolute Gasteiger partial charge is 0.491 e. The molecule has 1 aliphatic rings. The molecule has 4 heteroatoms. The molecule has 0 aromatic heterocycles. The highest BCUT2D eigenvalue weighted by molar-refractivity contribution is 5.29. The van der Waals surface area contributed by atoms with E-state index in [9.17, 15) is 4.39 Å². The van der Waals surface area contributed by atoms with Gasteiger partial charge in [-0.3, -0.25) is 0 Å². The number of ether oxygens (including phenoxy) is 1. The Morgan fingerprint density at radius 1 is 1.47 bits per heavy atom. The number of likely N-dealkylation sites (N-methyl/N-ethyl adjacent to an activating group) is 1. The molecule has 0 spiro atoms. The Kier molecular flexibility index (Phi) is 5.16. The zero-order valence-corrected chi connectivity index (χ0v) is 11.8. The van der Waals surface area contributed by atoms with E-state index in [2.05, 4.69) is 17.3 Å². The molecule has 0 radical (unpaired) electrons. The minimum absolute atomic E-state index is 0.256. The van der Waals surface area contributed by atoms with Gasteiger partial charge in [0.2, 0.25) is 0 Å². The molecular formula is C15H23FN2O. The summed E-state index contributed by atoms with van der Waals surface area (Å²) in [5.41, 5.74) is 1.04. The first kappa shape index (κ1) is 14.3. The Labute approximate surface area is 114 Å². The average Bonchev–Trinajstić information content (AvgIpc) is 2.39. The Balaban J connectivity index is 1.87. The first-order valence-electron chi connectivity index (χ1n) is 7.02. The molecule has 1 atom stereocenters. The Morgan fingerprint density at radius 2 is 2.32 bits per heavy atom. The number of piperazine rings is 1. The number of rotatable bonds is 5. The lowest BCUT2D eigenvalue weighted by Gasteiger charge is -2.30. The summed E-state index contributed by atoms with van der Waals surface area (Å²) in [5, 5.41) is 3.51. The number of aryl methyl sites for hydroxylation is 1. The van der Waals surface area contributed by atoms with E-state index in [1.54, 1.807) is 12.1 Å². The molecule has 1 N–H and O–H groups in total. The first-order chi connectivity index (χ1) is 9.19. The van der Waals surface area contributed by atoms with Gasteiger partial charge in [0.15, 0.2) is 11.6 Å². The maximum atomic E-state index is 13.7. The van der Waals surface area contributed by atoms with Gasteiger partial charge in [-0.2, -0.15) is 0 Å². The highest BCUT2D eigenvalue weighted by atomic mass is 19.1. The van der Waals surface area contributed by atoms with Crippen molar-refractivity contribution in [2.45, 2.75) is 25.8 Å². The van der Waals surface area contributed by atoms with E-state index < -0.39 is 0 Å². The van der Waals surface area contributed by atoms with E-state index in [1.165, 1.54) is 0 Å². The second-order valence-electron chi connectivity index (χ2n) is 5.15. The third kappa shape index (κ3) is 4.18. The summed E-state index contributed by atoms with van der Waals surface area (Å²) in [6, 6.07) is 5.79. The lowest BCUT2D eigenvalue weighted by molar-refractivity contribution is 0.232. The summed E-state index contributed by atoms with van der Waals surface area (Å²) < 4.78 is 18.9. The van der Waals surface area contributed by atoms with Crippen molar-refractivity contribution in [1.82, 2.24) is 10.2 Å². The number of hydrogen-bond donors (Lipinski definition) is 1. The van der Waals surface area contributed by atoms with Crippen LogP contribution in [-0.2, 0) is 6.42 Å². The van der Waals surface area contributed by atoms with Crippen molar-refractivity contribution in [1.29, 1.82) is 0 Å². The van der Waals surface area contributed by atoms with E-state index in [0.717, 1.165) is 38.0 Å². The zero-order valence-electron chi connectivity index (χ0n) is 11.8. The smallest absolute Gasteiger partial charge is 0.165 e. The van der Waals surface area contributed by atoms with Crippen LogP contribution in [-0.4, -0.2) is 44.2 Å². The predicted octanol–water partition coefficient (Wildman–Crippen LogP) is 2.06. The van der Waals surface area contributed by atoms with E-state index in [0.29, 0.717) is 18.4 Å². The molecule has 1 aliphatic heterocycles. The fourth-order valence-corrected chi connectivity index (χ4v) is 2.50. The van der Waals surface area contributed by atoms with Crippen molar-refractivity contribution >= 4 is 0 Å². The monoisotopic (exact) mass is 266 g/mol. The van der Waals surface area contributed by atoms with Crippen molar-refractivity contribution in [2.75, 3.05) is 33.3 Å². The second kappa shape index (κ2) is 6.87. The van der Waals surface area contributed by atoms with Gasteiger partial charge < -0.3 is 15.0 Å². The number of halogens is 1. The number of nitrogens with zero attached hydrogens (tertiary/aromatic N) is 1. The summed E-state index contributed by atoms with van der Waals surface area (Å²) in [4.78, 5) is 2.33. The van der Waals surface area contributed by atoms with Crippen LogP contribution in [0.25, 0.3) is 0 Å². The Bertz CT molecular complexity index is 411. The maximum Gasteiger partial charge on any atom is 0.165 e. The van der Waals surface area contributed by atoms with Crippen LogP contribution in [0.15, 0.2) is 18.2 Å². The fourth-order valence-electron chi connectivity index (χ4n) is 2.50. The third-order valence-electron chi connectivity index (χ3n) is 3.54. The number of benzene rings is 1. The Hall–Kier alpha value is -1.13. The lowest BCUT2D eigenvalue weighted by atomic mass is 10.0. The Morgan fingerprint density at radius 3 is 3.00 bits per heavy atom. The van der Waals surface area contributed by atoms with Crippen LogP contribution >= 0.6 is 0 Å². The van der Waals surface area contributed by atoms with Gasteiger partial charge in [0.05, 0.1) is 6.61 Å². The topological polar surface area (TPSA) is 24.5 Å². The van der Waals surface area contributed by atoms with Crippen molar-refractivity contribution in [2.24, 2.45) is 0 Å². The molecule has 3 nitrogen and oxygen atoms in total. The minimum atomic E-state index is -0.256. The van der Waals surface area contributed by atoms with Crippen LogP contribution in [0.4, 0.5) is 4.39 Å². The molecule has 19 heavy (non-hydrogen) atoms. The molecule has 0 saturated carbocycles. The summed E-state index contributed by atoms with van der Waals surface area (Å²) in [5.74, 6) is 0.0925. The molecule has 0 amide bonds. The van der Waals surface area contributed by atoms with Gasteiger partial charge in [0.25, 0.3) is 0 Å². The average molecular weight is 266 g/mol. The van der Waals surface area contributed by atoms with Crippen molar-refractivity contribution in [3.05, 3.63) is 29.6 Å². The van der Waals surface area contributed by atoms with E-state index in [-0.39, 0.29) is 5.82 Å². The number of hydrogen-bond acceptors (Lipinski definition) is 3. The van der Waals surface area contributed by atoms with Crippen LogP contribution in [0.3, 0.4) is 0 Å². The van der Waals surface area contributed by atoms with Crippen LogP contribution in [0.2, 0.25) is 0 Å². The molecule has 1 aromatic rings. The predicted molar refractivity (Wildman–Crippen MR) is 75.2 cm³/mol. The van der Waals surface area contributed by atoms with E-state index in [4.69, 9.17) is 4.74 Å². The van der Waals surface area contributed by atoms with Gasteiger partial charge >= 0.3 is 0 Å². The van der Waals surface area contributed by atoms with Gasteiger partial charge in [-0.05, 0) is 44.5 Å². The SMILES string of the molecule is CCOc1ccc(CCC2CN(C)CCN2)cc1F. The molecular weight excluding hydrogens is 243 g/mol. The van der Waals surface area contributed by atoms with Crippen LogP contribution in [0, 0.1) is 5.82 Å². The standard InChI is InChI=1S/C15H23FN2O/c1-3-19-15-7-5-12(10-14(15)16)4-6-13-11-18(2)9-8-17-13/h5,7,10,13,17H,3-4,6,8-9,11H2,1-2H3. The maximum absolute atomic E-state index is 13.7. The van der Waals surface area contributed by atoms with Gasteiger partial charge in [-0.1, -0.05) is 6.07 Å². The molecule has 0 aliphatic carbocycles. The van der Waals surface area contributed by atoms with Gasteiger partial charge in [0, 0.05) is 25.7 Å². The fraction of sp³-hybridized carbons (Fsp3) is 0.600. The van der Waals surface area contributed by atoms with Gasteiger partial charge in [-0.25, -0.2) is 4.39 Å². The van der Waals surface area contributed by atoms with Gasteiger partial charge in [0.1, 0.15) is 0 Å². The van der Waals surface area contributed by atoms with Crippen molar-refractivity contribution < 1.29 is 9.13 Å². The molecule has 106 valence electrons. The summed E-state index contributed by atoms with van der Waals surface area (Å²) in [7, 11) is 2.14. The molecule has 1 heterocycles. The number of nitrogens with one attached hydrogen (secondary N) is 1. The van der Waals surface area contributed by atoms with Crippen LogP contribution in [0.5, 0.6) is 5.75 Å². The van der Waals surface area contributed by atoms with Crippen molar-refractivity contribution in [3.8, 4) is 5.75 Å². The minimum Gasteiger partial charge on any atom is -0.491 e. The van der Waals surface area contributed by atoms with Crippen LogP contribution < -0.4 is 10.1 Å². The molecule has 0 bridgehead atoms. The van der Waals surface area contributed by atoms with Gasteiger partial charge in [-0.15, -0.1) is 0 Å². The summed E-state index contributed by atoms with van der Waals surface area (Å²) in [6.07, 6.45) is 1.94. The highest BCUT2D eigenvalue weighted by Crippen LogP contribution is 2.19. The van der Waals surface area contributed by atoms with E-state index in [1.807, 2.05) is 13.0 Å². The molecule has 2 rings (SSSR count). The molecule has 1 aromatic carbocycles. The molecule has 1 unspecified atom stereocenters. The summed E-state index contributed by atoms with van der Waals surface area (Å²) >= 11 is 0. The second-order valence-corrected chi connectivity index (χ2v) is 5.15. The van der Waals surface area contributed by atoms with Crippen LogP contribution in [0.1, 0.15) is 18.9 Å². The summed E-state index contributed by atoms with van der Waals surface area (Å²) in [6.45, 7) is 5.57. The highest BCUT2D eigenvalue weighted by Gasteiger charge is 2.16. The lowest BCUT2D eigenvalue weighted by Crippen LogP contribution is -2.49. The first-order valence-corrected chi connectivity index (χ1v) is 7.02. The zero-order chi connectivity index (χ0) is 13.7. The van der Waals surface area contributed by atoms with Crippen molar-refractivity contribution in [3.63, 3.8) is 0 Å².